The normalized spacial score (nSPS) is 33.6. The zero-order chi connectivity index (χ0) is 10.6. The Kier molecular flexibility index (Phi) is 4.90. The van der Waals surface area contributed by atoms with Gasteiger partial charge in [-0.15, -0.1) is 0 Å². The van der Waals surface area contributed by atoms with E-state index in [1.54, 1.807) is 0 Å². The first-order chi connectivity index (χ1) is 6.69. The summed E-state index contributed by atoms with van der Waals surface area (Å²) in [4.78, 5) is 2.41. The standard InChI is InChI=1S/C12H25NO/c1-4-6-10-7-8-11(14)9-12(10)13(3)5-2/h10-12,14H,4-9H2,1-3H3. The molecule has 2 heteroatoms. The molecule has 0 heterocycles. The van der Waals surface area contributed by atoms with Gasteiger partial charge in [0.25, 0.3) is 0 Å². The van der Waals surface area contributed by atoms with Crippen LogP contribution < -0.4 is 0 Å². The number of aliphatic hydroxyl groups excluding tert-OH is 1. The number of aliphatic hydroxyl groups is 1. The Morgan fingerprint density at radius 2 is 2.00 bits per heavy atom. The summed E-state index contributed by atoms with van der Waals surface area (Å²) in [5.74, 6) is 0.813. The average molecular weight is 199 g/mol. The highest BCUT2D eigenvalue weighted by Crippen LogP contribution is 2.31. The fourth-order valence-electron chi connectivity index (χ4n) is 2.67. The highest BCUT2D eigenvalue weighted by atomic mass is 16.3. The second kappa shape index (κ2) is 5.72. The summed E-state index contributed by atoms with van der Waals surface area (Å²) in [5.41, 5.74) is 0. The highest BCUT2D eigenvalue weighted by Gasteiger charge is 2.30. The molecule has 0 aromatic carbocycles. The molecule has 3 unspecified atom stereocenters. The minimum Gasteiger partial charge on any atom is -0.393 e. The SMILES string of the molecule is CCCC1CCC(O)CC1N(C)CC. The number of rotatable bonds is 4. The van der Waals surface area contributed by atoms with Gasteiger partial charge in [0.05, 0.1) is 6.10 Å². The van der Waals surface area contributed by atoms with Gasteiger partial charge in [-0.3, -0.25) is 0 Å². The smallest absolute Gasteiger partial charge is 0.0555 e. The Morgan fingerprint density at radius 3 is 2.57 bits per heavy atom. The van der Waals surface area contributed by atoms with Crippen LogP contribution in [-0.4, -0.2) is 35.7 Å². The summed E-state index contributed by atoms with van der Waals surface area (Å²) in [6, 6.07) is 0.615. The fraction of sp³-hybridized carbons (Fsp3) is 1.00. The monoisotopic (exact) mass is 199 g/mol. The zero-order valence-electron chi connectivity index (χ0n) is 9.87. The van der Waals surface area contributed by atoms with Crippen molar-refractivity contribution in [3.8, 4) is 0 Å². The number of hydrogen-bond donors (Lipinski definition) is 1. The minimum atomic E-state index is -0.0536. The van der Waals surface area contributed by atoms with E-state index < -0.39 is 0 Å². The van der Waals surface area contributed by atoms with Gasteiger partial charge in [-0.1, -0.05) is 20.3 Å². The van der Waals surface area contributed by atoms with Crippen LogP contribution in [0.15, 0.2) is 0 Å². The lowest BCUT2D eigenvalue weighted by Gasteiger charge is -2.39. The molecule has 0 aliphatic heterocycles. The van der Waals surface area contributed by atoms with Crippen LogP contribution in [0, 0.1) is 5.92 Å². The Labute approximate surface area is 88.3 Å². The zero-order valence-corrected chi connectivity index (χ0v) is 9.87. The van der Waals surface area contributed by atoms with Crippen molar-refractivity contribution in [3.05, 3.63) is 0 Å². The van der Waals surface area contributed by atoms with E-state index in [1.165, 1.54) is 19.3 Å². The molecule has 2 nitrogen and oxygen atoms in total. The molecule has 14 heavy (non-hydrogen) atoms. The largest absolute Gasteiger partial charge is 0.393 e. The highest BCUT2D eigenvalue weighted by molar-refractivity contribution is 4.85. The van der Waals surface area contributed by atoms with Crippen LogP contribution in [0.2, 0.25) is 0 Å². The van der Waals surface area contributed by atoms with Crippen molar-refractivity contribution in [1.82, 2.24) is 4.90 Å². The van der Waals surface area contributed by atoms with Gasteiger partial charge in [-0.25, -0.2) is 0 Å². The average Bonchev–Trinajstić information content (AvgIpc) is 2.20. The molecule has 1 saturated carbocycles. The van der Waals surface area contributed by atoms with E-state index in [2.05, 4.69) is 25.8 Å². The Balaban J connectivity index is 2.53. The lowest BCUT2D eigenvalue weighted by molar-refractivity contribution is 0.0368. The number of nitrogens with zero attached hydrogens (tertiary/aromatic N) is 1. The molecular weight excluding hydrogens is 174 g/mol. The maximum absolute atomic E-state index is 9.68. The van der Waals surface area contributed by atoms with Gasteiger partial charge in [0, 0.05) is 6.04 Å². The molecule has 1 N–H and O–H groups in total. The molecule has 1 fully saturated rings. The summed E-state index contributed by atoms with van der Waals surface area (Å²) in [6.07, 6.45) is 5.75. The van der Waals surface area contributed by atoms with E-state index in [1.807, 2.05) is 0 Å². The summed E-state index contributed by atoms with van der Waals surface area (Å²) in [7, 11) is 2.19. The van der Waals surface area contributed by atoms with Gasteiger partial charge in [0.1, 0.15) is 0 Å². The Morgan fingerprint density at radius 1 is 1.29 bits per heavy atom. The summed E-state index contributed by atoms with van der Waals surface area (Å²) >= 11 is 0. The van der Waals surface area contributed by atoms with Crippen LogP contribution in [0.3, 0.4) is 0 Å². The fourth-order valence-corrected chi connectivity index (χ4v) is 2.67. The molecule has 0 aromatic rings. The van der Waals surface area contributed by atoms with E-state index in [4.69, 9.17) is 0 Å². The van der Waals surface area contributed by atoms with Crippen LogP contribution in [0.25, 0.3) is 0 Å². The molecule has 0 bridgehead atoms. The topological polar surface area (TPSA) is 23.5 Å². The maximum Gasteiger partial charge on any atom is 0.0555 e. The van der Waals surface area contributed by atoms with Crippen LogP contribution in [0.4, 0.5) is 0 Å². The lowest BCUT2D eigenvalue weighted by Crippen LogP contribution is -2.43. The van der Waals surface area contributed by atoms with Gasteiger partial charge in [0.2, 0.25) is 0 Å². The van der Waals surface area contributed by atoms with Crippen molar-refractivity contribution < 1.29 is 5.11 Å². The second-order valence-electron chi connectivity index (χ2n) is 4.66. The van der Waals surface area contributed by atoms with Crippen molar-refractivity contribution in [3.63, 3.8) is 0 Å². The van der Waals surface area contributed by atoms with Gasteiger partial charge in [-0.05, 0) is 45.2 Å². The van der Waals surface area contributed by atoms with Gasteiger partial charge in [0.15, 0.2) is 0 Å². The predicted octanol–water partition coefficient (Wildman–Crippen LogP) is 2.27. The molecular formula is C12H25NO. The molecule has 1 aliphatic carbocycles. The molecule has 84 valence electrons. The lowest BCUT2D eigenvalue weighted by atomic mass is 9.80. The molecule has 0 saturated heterocycles. The van der Waals surface area contributed by atoms with Crippen LogP contribution in [-0.2, 0) is 0 Å². The third-order valence-electron chi connectivity index (χ3n) is 3.65. The molecule has 1 rings (SSSR count). The molecule has 0 spiro atoms. The Bertz CT molecular complexity index is 160. The first-order valence-corrected chi connectivity index (χ1v) is 6.07. The molecule has 0 amide bonds. The van der Waals surface area contributed by atoms with Gasteiger partial charge in [-0.2, -0.15) is 0 Å². The Hall–Kier alpha value is -0.0800. The van der Waals surface area contributed by atoms with Crippen molar-refractivity contribution in [1.29, 1.82) is 0 Å². The van der Waals surface area contributed by atoms with Gasteiger partial charge < -0.3 is 10.0 Å². The van der Waals surface area contributed by atoms with E-state index in [-0.39, 0.29) is 6.10 Å². The summed E-state index contributed by atoms with van der Waals surface area (Å²) in [6.45, 7) is 5.55. The minimum absolute atomic E-state index is 0.0536. The van der Waals surface area contributed by atoms with Gasteiger partial charge >= 0.3 is 0 Å². The molecule has 1 aliphatic rings. The van der Waals surface area contributed by atoms with Crippen molar-refractivity contribution >= 4 is 0 Å². The summed E-state index contributed by atoms with van der Waals surface area (Å²) < 4.78 is 0. The summed E-state index contributed by atoms with van der Waals surface area (Å²) in [5, 5.41) is 9.68. The van der Waals surface area contributed by atoms with Crippen molar-refractivity contribution in [2.45, 2.75) is 58.1 Å². The first kappa shape index (κ1) is 12.0. The van der Waals surface area contributed by atoms with E-state index in [9.17, 15) is 5.11 Å². The van der Waals surface area contributed by atoms with Crippen LogP contribution >= 0.6 is 0 Å². The van der Waals surface area contributed by atoms with Crippen molar-refractivity contribution in [2.75, 3.05) is 13.6 Å². The molecule has 0 aromatic heterocycles. The quantitative estimate of drug-likeness (QED) is 0.751. The van der Waals surface area contributed by atoms with Crippen LogP contribution in [0.5, 0.6) is 0 Å². The third-order valence-corrected chi connectivity index (χ3v) is 3.65. The number of hydrogen-bond acceptors (Lipinski definition) is 2. The third kappa shape index (κ3) is 2.96. The van der Waals surface area contributed by atoms with E-state index >= 15 is 0 Å². The maximum atomic E-state index is 9.68. The second-order valence-corrected chi connectivity index (χ2v) is 4.66. The predicted molar refractivity (Wildman–Crippen MR) is 60.3 cm³/mol. The van der Waals surface area contributed by atoms with E-state index in [0.29, 0.717) is 6.04 Å². The first-order valence-electron chi connectivity index (χ1n) is 6.07. The molecule has 0 radical (unpaired) electrons. The molecule has 3 atom stereocenters. The van der Waals surface area contributed by atoms with E-state index in [0.717, 1.165) is 25.3 Å². The van der Waals surface area contributed by atoms with Crippen molar-refractivity contribution in [2.24, 2.45) is 5.92 Å². The van der Waals surface area contributed by atoms with Crippen LogP contribution in [0.1, 0.15) is 46.0 Å².